The Morgan fingerprint density at radius 2 is 2.19 bits per heavy atom. The standard InChI is InChI=1S/C13H25N3/c1-11(2)9-16-10-12(5-7-14)15-8-6-13(16,3)4/h11-12,15H,5-6,8-10H2,1-4H3. The third-order valence-corrected chi connectivity index (χ3v) is 3.39. The van der Waals surface area contributed by atoms with Gasteiger partial charge in [-0.25, -0.2) is 0 Å². The smallest absolute Gasteiger partial charge is 0.0638 e. The molecule has 1 atom stereocenters. The lowest BCUT2D eigenvalue weighted by molar-refractivity contribution is 0.104. The van der Waals surface area contributed by atoms with E-state index in [4.69, 9.17) is 5.26 Å². The molecular weight excluding hydrogens is 198 g/mol. The average molecular weight is 223 g/mol. The van der Waals surface area contributed by atoms with Gasteiger partial charge in [0.15, 0.2) is 0 Å². The van der Waals surface area contributed by atoms with Crippen LogP contribution in [0.25, 0.3) is 0 Å². The molecule has 1 aliphatic rings. The molecule has 0 spiro atoms. The Balaban J connectivity index is 2.68. The van der Waals surface area contributed by atoms with E-state index in [1.165, 1.54) is 0 Å². The molecule has 1 aliphatic heterocycles. The molecule has 1 rings (SSSR count). The Kier molecular flexibility index (Phi) is 4.76. The molecule has 0 aliphatic carbocycles. The largest absolute Gasteiger partial charge is 0.312 e. The zero-order chi connectivity index (χ0) is 12.2. The average Bonchev–Trinajstić information content (AvgIpc) is 2.27. The third kappa shape index (κ3) is 3.77. The van der Waals surface area contributed by atoms with Gasteiger partial charge >= 0.3 is 0 Å². The Hall–Kier alpha value is -0.590. The molecule has 0 radical (unpaired) electrons. The predicted molar refractivity (Wildman–Crippen MR) is 67.1 cm³/mol. The summed E-state index contributed by atoms with van der Waals surface area (Å²) >= 11 is 0. The first-order valence-corrected chi connectivity index (χ1v) is 6.31. The van der Waals surface area contributed by atoms with Crippen molar-refractivity contribution in [3.8, 4) is 6.07 Å². The van der Waals surface area contributed by atoms with Crippen molar-refractivity contribution >= 4 is 0 Å². The van der Waals surface area contributed by atoms with Gasteiger partial charge in [0.05, 0.1) is 12.5 Å². The maximum atomic E-state index is 8.80. The van der Waals surface area contributed by atoms with Gasteiger partial charge in [-0.3, -0.25) is 4.90 Å². The number of hydrogen-bond donors (Lipinski definition) is 1. The SMILES string of the molecule is CC(C)CN1CC(CC#N)NCCC1(C)C. The summed E-state index contributed by atoms with van der Waals surface area (Å²) < 4.78 is 0. The van der Waals surface area contributed by atoms with Crippen molar-refractivity contribution in [1.29, 1.82) is 5.26 Å². The molecule has 0 amide bonds. The topological polar surface area (TPSA) is 39.1 Å². The molecule has 1 unspecified atom stereocenters. The molecule has 0 saturated carbocycles. The van der Waals surface area contributed by atoms with Gasteiger partial charge in [-0.1, -0.05) is 13.8 Å². The summed E-state index contributed by atoms with van der Waals surface area (Å²) in [5, 5.41) is 12.3. The summed E-state index contributed by atoms with van der Waals surface area (Å²) in [6.07, 6.45) is 1.77. The van der Waals surface area contributed by atoms with Crippen molar-refractivity contribution in [2.24, 2.45) is 5.92 Å². The Labute approximate surface area is 99.8 Å². The van der Waals surface area contributed by atoms with Gasteiger partial charge in [-0.05, 0) is 32.7 Å². The first-order valence-electron chi connectivity index (χ1n) is 6.31. The van der Waals surface area contributed by atoms with Crippen molar-refractivity contribution in [3.05, 3.63) is 0 Å². The zero-order valence-corrected chi connectivity index (χ0v) is 11.1. The zero-order valence-electron chi connectivity index (χ0n) is 11.1. The predicted octanol–water partition coefficient (Wildman–Crippen LogP) is 2.00. The van der Waals surface area contributed by atoms with Gasteiger partial charge in [-0.15, -0.1) is 0 Å². The first-order chi connectivity index (χ1) is 7.45. The van der Waals surface area contributed by atoms with E-state index in [1.54, 1.807) is 0 Å². The van der Waals surface area contributed by atoms with Gasteiger partial charge in [0.1, 0.15) is 0 Å². The van der Waals surface area contributed by atoms with E-state index in [0.717, 1.165) is 26.1 Å². The van der Waals surface area contributed by atoms with E-state index < -0.39 is 0 Å². The van der Waals surface area contributed by atoms with Crippen LogP contribution >= 0.6 is 0 Å². The minimum atomic E-state index is 0.251. The van der Waals surface area contributed by atoms with E-state index in [-0.39, 0.29) is 5.54 Å². The fraction of sp³-hybridized carbons (Fsp3) is 0.923. The second-order valence-electron chi connectivity index (χ2n) is 5.87. The second kappa shape index (κ2) is 5.65. The third-order valence-electron chi connectivity index (χ3n) is 3.39. The lowest BCUT2D eigenvalue weighted by Gasteiger charge is -2.38. The molecule has 0 aromatic rings. The molecule has 0 aromatic carbocycles. The van der Waals surface area contributed by atoms with Gasteiger partial charge in [0.25, 0.3) is 0 Å². The summed E-state index contributed by atoms with van der Waals surface area (Å²) in [5.74, 6) is 0.681. The normalized spacial score (nSPS) is 26.4. The minimum absolute atomic E-state index is 0.251. The fourth-order valence-corrected chi connectivity index (χ4v) is 2.33. The van der Waals surface area contributed by atoms with Crippen LogP contribution < -0.4 is 5.32 Å². The molecule has 0 aromatic heterocycles. The van der Waals surface area contributed by atoms with Crippen LogP contribution in [0, 0.1) is 17.2 Å². The molecule has 1 N–H and O–H groups in total. The van der Waals surface area contributed by atoms with Crippen LogP contribution in [0.15, 0.2) is 0 Å². The maximum absolute atomic E-state index is 8.80. The highest BCUT2D eigenvalue weighted by Gasteiger charge is 2.31. The Morgan fingerprint density at radius 1 is 1.50 bits per heavy atom. The highest BCUT2D eigenvalue weighted by molar-refractivity contribution is 4.92. The van der Waals surface area contributed by atoms with E-state index in [2.05, 4.69) is 44.0 Å². The van der Waals surface area contributed by atoms with Crippen LogP contribution in [-0.2, 0) is 0 Å². The van der Waals surface area contributed by atoms with Crippen LogP contribution in [0.5, 0.6) is 0 Å². The summed E-state index contributed by atoms with van der Waals surface area (Å²) in [5.41, 5.74) is 0.251. The van der Waals surface area contributed by atoms with Crippen molar-refractivity contribution in [2.75, 3.05) is 19.6 Å². The minimum Gasteiger partial charge on any atom is -0.312 e. The van der Waals surface area contributed by atoms with E-state index in [9.17, 15) is 0 Å². The number of rotatable bonds is 3. The molecular formula is C13H25N3. The van der Waals surface area contributed by atoms with Crippen molar-refractivity contribution in [1.82, 2.24) is 10.2 Å². The van der Waals surface area contributed by atoms with Gasteiger partial charge < -0.3 is 5.32 Å². The number of nitrogens with one attached hydrogen (secondary N) is 1. The Bertz CT molecular complexity index is 252. The van der Waals surface area contributed by atoms with E-state index in [0.29, 0.717) is 18.4 Å². The molecule has 1 fully saturated rings. The van der Waals surface area contributed by atoms with E-state index in [1.807, 2.05) is 0 Å². The lowest BCUT2D eigenvalue weighted by Crippen LogP contribution is -2.48. The highest BCUT2D eigenvalue weighted by atomic mass is 15.2. The summed E-state index contributed by atoms with van der Waals surface area (Å²) in [4.78, 5) is 2.54. The van der Waals surface area contributed by atoms with Crippen LogP contribution in [0.4, 0.5) is 0 Å². The number of nitriles is 1. The molecule has 3 heteroatoms. The maximum Gasteiger partial charge on any atom is 0.0638 e. The lowest BCUT2D eigenvalue weighted by atomic mass is 9.97. The van der Waals surface area contributed by atoms with Crippen molar-refractivity contribution in [2.45, 2.75) is 52.1 Å². The van der Waals surface area contributed by atoms with Gasteiger partial charge in [-0.2, -0.15) is 5.26 Å². The molecule has 16 heavy (non-hydrogen) atoms. The fourth-order valence-electron chi connectivity index (χ4n) is 2.33. The highest BCUT2D eigenvalue weighted by Crippen LogP contribution is 2.23. The quantitative estimate of drug-likeness (QED) is 0.795. The van der Waals surface area contributed by atoms with Crippen molar-refractivity contribution in [3.63, 3.8) is 0 Å². The van der Waals surface area contributed by atoms with Gasteiger partial charge in [0.2, 0.25) is 0 Å². The van der Waals surface area contributed by atoms with Crippen LogP contribution in [0.2, 0.25) is 0 Å². The van der Waals surface area contributed by atoms with Crippen LogP contribution in [0.1, 0.15) is 40.5 Å². The van der Waals surface area contributed by atoms with Crippen LogP contribution in [0.3, 0.4) is 0 Å². The first kappa shape index (κ1) is 13.5. The van der Waals surface area contributed by atoms with E-state index >= 15 is 0 Å². The molecule has 92 valence electrons. The van der Waals surface area contributed by atoms with Gasteiger partial charge in [0, 0.05) is 24.7 Å². The summed E-state index contributed by atoms with van der Waals surface area (Å²) in [6.45, 7) is 12.3. The second-order valence-corrected chi connectivity index (χ2v) is 5.87. The van der Waals surface area contributed by atoms with Crippen LogP contribution in [-0.4, -0.2) is 36.1 Å². The molecule has 1 heterocycles. The molecule has 1 saturated heterocycles. The summed E-state index contributed by atoms with van der Waals surface area (Å²) in [6, 6.07) is 2.62. The number of hydrogen-bond acceptors (Lipinski definition) is 3. The van der Waals surface area contributed by atoms with Crippen molar-refractivity contribution < 1.29 is 0 Å². The number of nitrogens with zero attached hydrogens (tertiary/aromatic N) is 2. The molecule has 0 bridgehead atoms. The molecule has 3 nitrogen and oxygen atoms in total. The monoisotopic (exact) mass is 223 g/mol. The Morgan fingerprint density at radius 3 is 2.75 bits per heavy atom. The summed E-state index contributed by atoms with van der Waals surface area (Å²) in [7, 11) is 0.